The van der Waals surface area contributed by atoms with Crippen LogP contribution >= 0.6 is 0 Å². The number of aryl methyl sites for hydroxylation is 1. The van der Waals surface area contributed by atoms with Gasteiger partial charge >= 0.3 is 5.97 Å². The molecule has 3 rings (SSSR count). The van der Waals surface area contributed by atoms with Gasteiger partial charge in [-0.15, -0.1) is 0 Å². The Kier molecular flexibility index (Phi) is 5.25. The predicted molar refractivity (Wildman–Crippen MR) is 90.2 cm³/mol. The summed E-state index contributed by atoms with van der Waals surface area (Å²) in [6.07, 6.45) is 10.4. The van der Waals surface area contributed by atoms with E-state index >= 15 is 0 Å². The third-order valence-electron chi connectivity index (χ3n) is 4.73. The summed E-state index contributed by atoms with van der Waals surface area (Å²) < 4.78 is 7.12. The molecule has 0 amide bonds. The fourth-order valence-corrected chi connectivity index (χ4v) is 3.50. The SMILES string of the molecule is COC(=O)C(c1cccnc1)N1CCCC(Cc2nccn2C)C1. The van der Waals surface area contributed by atoms with Gasteiger partial charge in [0.2, 0.25) is 0 Å². The van der Waals surface area contributed by atoms with Crippen molar-refractivity contribution in [1.82, 2.24) is 19.4 Å². The third kappa shape index (κ3) is 3.64. The van der Waals surface area contributed by atoms with Crippen molar-refractivity contribution in [2.75, 3.05) is 20.2 Å². The second-order valence-electron chi connectivity index (χ2n) is 6.37. The van der Waals surface area contributed by atoms with Crippen LogP contribution in [0.4, 0.5) is 0 Å². The second kappa shape index (κ2) is 7.57. The van der Waals surface area contributed by atoms with Crippen molar-refractivity contribution in [3.63, 3.8) is 0 Å². The Hall–Kier alpha value is -2.21. The molecule has 0 saturated carbocycles. The normalized spacial score (nSPS) is 19.8. The first-order chi connectivity index (χ1) is 11.7. The molecule has 0 aliphatic carbocycles. The number of hydrogen-bond acceptors (Lipinski definition) is 5. The molecule has 0 bridgehead atoms. The molecule has 128 valence electrons. The molecule has 2 unspecified atom stereocenters. The average Bonchev–Trinajstić information content (AvgIpc) is 3.01. The summed E-state index contributed by atoms with van der Waals surface area (Å²) in [4.78, 5) is 23.2. The Morgan fingerprint density at radius 1 is 1.46 bits per heavy atom. The van der Waals surface area contributed by atoms with Gasteiger partial charge in [0.05, 0.1) is 7.11 Å². The molecule has 1 saturated heterocycles. The van der Waals surface area contributed by atoms with Gasteiger partial charge in [0, 0.05) is 44.8 Å². The number of pyridine rings is 1. The van der Waals surface area contributed by atoms with E-state index in [-0.39, 0.29) is 12.0 Å². The maximum absolute atomic E-state index is 12.4. The van der Waals surface area contributed by atoms with Crippen molar-refractivity contribution in [1.29, 1.82) is 0 Å². The van der Waals surface area contributed by atoms with E-state index in [9.17, 15) is 4.79 Å². The first-order valence-electron chi connectivity index (χ1n) is 8.37. The molecule has 6 nitrogen and oxygen atoms in total. The number of hydrogen-bond donors (Lipinski definition) is 0. The first kappa shape index (κ1) is 16.6. The Labute approximate surface area is 142 Å². The van der Waals surface area contributed by atoms with Crippen molar-refractivity contribution in [2.45, 2.75) is 25.3 Å². The summed E-state index contributed by atoms with van der Waals surface area (Å²) in [6.45, 7) is 1.76. The molecule has 1 fully saturated rings. The summed E-state index contributed by atoms with van der Waals surface area (Å²) in [7, 11) is 3.47. The number of carbonyl (C=O) groups is 1. The lowest BCUT2D eigenvalue weighted by molar-refractivity contribution is -0.148. The van der Waals surface area contributed by atoms with Gasteiger partial charge in [-0.25, -0.2) is 9.78 Å². The van der Waals surface area contributed by atoms with Crippen LogP contribution in [-0.2, 0) is 23.0 Å². The molecule has 0 spiro atoms. The Bertz CT molecular complexity index is 671. The molecule has 0 N–H and O–H groups in total. The predicted octanol–water partition coefficient (Wildman–Crippen LogP) is 1.98. The van der Waals surface area contributed by atoms with E-state index in [1.807, 2.05) is 31.6 Å². The number of methoxy groups -OCH3 is 1. The van der Waals surface area contributed by atoms with Crippen LogP contribution in [0.3, 0.4) is 0 Å². The maximum Gasteiger partial charge on any atom is 0.327 e. The molecule has 1 aliphatic heterocycles. The Morgan fingerprint density at radius 2 is 2.33 bits per heavy atom. The number of rotatable bonds is 5. The highest BCUT2D eigenvalue weighted by Crippen LogP contribution is 2.29. The van der Waals surface area contributed by atoms with Crippen LogP contribution in [0.15, 0.2) is 36.9 Å². The summed E-state index contributed by atoms with van der Waals surface area (Å²) in [5.41, 5.74) is 0.891. The number of ether oxygens (including phenoxy) is 1. The molecule has 0 aromatic carbocycles. The minimum Gasteiger partial charge on any atom is -0.468 e. The van der Waals surface area contributed by atoms with Crippen LogP contribution in [0.25, 0.3) is 0 Å². The highest BCUT2D eigenvalue weighted by atomic mass is 16.5. The van der Waals surface area contributed by atoms with E-state index < -0.39 is 0 Å². The summed E-state index contributed by atoms with van der Waals surface area (Å²) >= 11 is 0. The Morgan fingerprint density at radius 3 is 3.00 bits per heavy atom. The van der Waals surface area contributed by atoms with Crippen molar-refractivity contribution in [3.8, 4) is 0 Å². The summed E-state index contributed by atoms with van der Waals surface area (Å²) in [6, 6.07) is 3.42. The summed E-state index contributed by atoms with van der Waals surface area (Å²) in [5, 5.41) is 0. The highest BCUT2D eigenvalue weighted by molar-refractivity contribution is 5.77. The molecule has 1 aliphatic rings. The van der Waals surface area contributed by atoms with Gasteiger partial charge in [-0.3, -0.25) is 9.88 Å². The van der Waals surface area contributed by atoms with Crippen LogP contribution in [0.1, 0.15) is 30.3 Å². The second-order valence-corrected chi connectivity index (χ2v) is 6.37. The van der Waals surface area contributed by atoms with E-state index in [1.165, 1.54) is 7.11 Å². The molecular formula is C18H24N4O2. The van der Waals surface area contributed by atoms with E-state index in [0.29, 0.717) is 5.92 Å². The fraction of sp³-hybridized carbons (Fsp3) is 0.500. The van der Waals surface area contributed by atoms with Crippen LogP contribution in [-0.4, -0.2) is 45.6 Å². The monoisotopic (exact) mass is 328 g/mol. The van der Waals surface area contributed by atoms with Gasteiger partial charge in [0.25, 0.3) is 0 Å². The standard InChI is InChI=1S/C18H24N4O2/c1-21-10-8-20-16(21)11-14-5-4-9-22(13-14)17(18(23)24-2)15-6-3-7-19-12-15/h3,6-8,10,12,14,17H,4-5,9,11,13H2,1-2H3. The number of aromatic nitrogens is 3. The smallest absolute Gasteiger partial charge is 0.327 e. The lowest BCUT2D eigenvalue weighted by Crippen LogP contribution is -2.42. The van der Waals surface area contributed by atoms with Gasteiger partial charge < -0.3 is 9.30 Å². The molecule has 2 atom stereocenters. The zero-order valence-corrected chi connectivity index (χ0v) is 14.3. The number of carbonyl (C=O) groups excluding carboxylic acids is 1. The van der Waals surface area contributed by atoms with E-state index in [1.54, 1.807) is 12.4 Å². The molecule has 3 heterocycles. The van der Waals surface area contributed by atoms with Crippen LogP contribution in [0.2, 0.25) is 0 Å². The fourth-order valence-electron chi connectivity index (χ4n) is 3.50. The van der Waals surface area contributed by atoms with Crippen LogP contribution in [0, 0.1) is 5.92 Å². The van der Waals surface area contributed by atoms with E-state index in [0.717, 1.165) is 43.7 Å². The molecule has 6 heteroatoms. The van der Waals surface area contributed by atoms with Gasteiger partial charge in [-0.05, 0) is 36.9 Å². The lowest BCUT2D eigenvalue weighted by atomic mass is 9.92. The van der Waals surface area contributed by atoms with E-state index in [4.69, 9.17) is 4.74 Å². The summed E-state index contributed by atoms with van der Waals surface area (Å²) in [5.74, 6) is 1.36. The first-order valence-corrected chi connectivity index (χ1v) is 8.37. The van der Waals surface area contributed by atoms with E-state index in [2.05, 4.69) is 19.4 Å². The topological polar surface area (TPSA) is 60.2 Å². The van der Waals surface area contributed by atoms with Crippen molar-refractivity contribution in [2.24, 2.45) is 13.0 Å². The van der Waals surface area contributed by atoms with Gasteiger partial charge in [-0.2, -0.15) is 0 Å². The van der Waals surface area contributed by atoms with Gasteiger partial charge in [0.15, 0.2) is 0 Å². The lowest BCUT2D eigenvalue weighted by Gasteiger charge is -2.37. The molecule has 0 radical (unpaired) electrons. The Balaban J connectivity index is 1.75. The van der Waals surface area contributed by atoms with Crippen molar-refractivity contribution >= 4 is 5.97 Å². The average molecular weight is 328 g/mol. The minimum absolute atomic E-state index is 0.222. The third-order valence-corrected chi connectivity index (χ3v) is 4.73. The van der Waals surface area contributed by atoms with Crippen LogP contribution < -0.4 is 0 Å². The zero-order chi connectivity index (χ0) is 16.9. The minimum atomic E-state index is -0.382. The molecule has 2 aromatic heterocycles. The number of piperidine rings is 1. The quantitative estimate of drug-likeness (QED) is 0.786. The number of esters is 1. The van der Waals surface area contributed by atoms with Gasteiger partial charge in [-0.1, -0.05) is 6.07 Å². The highest BCUT2D eigenvalue weighted by Gasteiger charge is 2.33. The number of likely N-dealkylation sites (tertiary alicyclic amines) is 1. The van der Waals surface area contributed by atoms with Crippen molar-refractivity contribution < 1.29 is 9.53 Å². The molecule has 24 heavy (non-hydrogen) atoms. The van der Waals surface area contributed by atoms with Crippen LogP contribution in [0.5, 0.6) is 0 Å². The van der Waals surface area contributed by atoms with Gasteiger partial charge in [0.1, 0.15) is 11.9 Å². The number of imidazole rings is 1. The largest absolute Gasteiger partial charge is 0.468 e. The number of nitrogens with zero attached hydrogens (tertiary/aromatic N) is 4. The maximum atomic E-state index is 12.4. The zero-order valence-electron chi connectivity index (χ0n) is 14.3. The molecule has 2 aromatic rings. The van der Waals surface area contributed by atoms with Crippen molar-refractivity contribution in [3.05, 3.63) is 48.3 Å². The molecular weight excluding hydrogens is 304 g/mol.